The molecule has 0 N–H and O–H groups in total. The number of ketones is 1. The van der Waals surface area contributed by atoms with Gasteiger partial charge in [0.15, 0.2) is 5.78 Å². The van der Waals surface area contributed by atoms with Crippen LogP contribution in [-0.4, -0.2) is 15.8 Å². The zero-order valence-electron chi connectivity index (χ0n) is 10.6. The highest BCUT2D eigenvalue weighted by Gasteiger charge is 2.08. The van der Waals surface area contributed by atoms with E-state index in [0.717, 1.165) is 21.1 Å². The van der Waals surface area contributed by atoms with Gasteiger partial charge in [0.1, 0.15) is 0 Å². The molecule has 0 saturated carbocycles. The molecule has 0 aliphatic rings. The number of nitrogens with zero attached hydrogens (tertiary/aromatic N) is 2. The van der Waals surface area contributed by atoms with Crippen molar-refractivity contribution in [2.24, 2.45) is 0 Å². The summed E-state index contributed by atoms with van der Waals surface area (Å²) in [6, 6.07) is 13.2. The lowest BCUT2D eigenvalue weighted by atomic mass is 10.0. The van der Waals surface area contributed by atoms with Crippen molar-refractivity contribution >= 4 is 32.7 Å². The molecular weight excluding hydrogens is 316 g/mol. The highest BCUT2D eigenvalue weighted by molar-refractivity contribution is 9.10. The number of rotatable bonds is 3. The number of hydrogen-bond donors (Lipinski definition) is 0. The van der Waals surface area contributed by atoms with Gasteiger partial charge < -0.3 is 0 Å². The molecule has 0 aliphatic heterocycles. The minimum absolute atomic E-state index is 0.0793. The van der Waals surface area contributed by atoms with Crippen molar-refractivity contribution in [2.75, 3.05) is 0 Å². The van der Waals surface area contributed by atoms with Crippen LogP contribution in [0.25, 0.3) is 11.0 Å². The van der Waals surface area contributed by atoms with Crippen LogP contribution < -0.4 is 0 Å². The molecule has 0 atom stereocenters. The fourth-order valence-electron chi connectivity index (χ4n) is 2.07. The maximum absolute atomic E-state index is 12.3. The van der Waals surface area contributed by atoms with Crippen LogP contribution in [0.5, 0.6) is 0 Å². The van der Waals surface area contributed by atoms with Gasteiger partial charge in [0, 0.05) is 28.9 Å². The molecule has 0 spiro atoms. The van der Waals surface area contributed by atoms with Gasteiger partial charge in [0.25, 0.3) is 0 Å². The molecule has 0 aliphatic carbocycles. The molecule has 0 unspecified atom stereocenters. The van der Waals surface area contributed by atoms with E-state index in [9.17, 15) is 4.79 Å². The van der Waals surface area contributed by atoms with Crippen LogP contribution in [0, 0.1) is 0 Å². The summed E-state index contributed by atoms with van der Waals surface area (Å²) in [5, 5.41) is 0. The number of benzene rings is 2. The van der Waals surface area contributed by atoms with Crippen LogP contribution in [0.4, 0.5) is 0 Å². The summed E-state index contributed by atoms with van der Waals surface area (Å²) >= 11 is 3.41. The number of carbonyl (C=O) groups excluding carboxylic acids is 1. The third kappa shape index (κ3) is 2.75. The van der Waals surface area contributed by atoms with Gasteiger partial charge in [-0.3, -0.25) is 14.8 Å². The van der Waals surface area contributed by atoms with Gasteiger partial charge in [0.05, 0.1) is 11.0 Å². The molecule has 0 radical (unpaired) electrons. The first kappa shape index (κ1) is 12.9. The fourth-order valence-corrected chi connectivity index (χ4v) is 2.52. The average molecular weight is 327 g/mol. The van der Waals surface area contributed by atoms with Crippen LogP contribution in [0.15, 0.2) is 59.3 Å². The lowest BCUT2D eigenvalue weighted by molar-refractivity contribution is 0.0993. The Bertz CT molecular complexity index is 786. The SMILES string of the molecule is O=C(Cc1cccc(Br)c1)c1ccc2nccnc2c1. The van der Waals surface area contributed by atoms with Crippen LogP contribution >= 0.6 is 15.9 Å². The lowest BCUT2D eigenvalue weighted by Gasteiger charge is -2.03. The summed E-state index contributed by atoms with van der Waals surface area (Å²) in [6.07, 6.45) is 3.65. The zero-order chi connectivity index (χ0) is 13.9. The minimum Gasteiger partial charge on any atom is -0.294 e. The first-order chi connectivity index (χ1) is 9.72. The van der Waals surface area contributed by atoms with Crippen molar-refractivity contribution in [1.82, 2.24) is 9.97 Å². The van der Waals surface area contributed by atoms with Gasteiger partial charge in [-0.25, -0.2) is 0 Å². The normalized spacial score (nSPS) is 10.7. The third-order valence-corrected chi connectivity index (χ3v) is 3.54. The molecule has 4 heteroatoms. The summed E-state index contributed by atoms with van der Waals surface area (Å²) in [5.74, 6) is 0.0793. The van der Waals surface area contributed by atoms with Gasteiger partial charge >= 0.3 is 0 Å². The Labute approximate surface area is 124 Å². The summed E-state index contributed by atoms with van der Waals surface area (Å²) in [5.41, 5.74) is 3.20. The second-order valence-electron chi connectivity index (χ2n) is 4.49. The van der Waals surface area contributed by atoms with Crippen LogP contribution in [0.1, 0.15) is 15.9 Å². The summed E-state index contributed by atoms with van der Waals surface area (Å²) in [7, 11) is 0. The number of aromatic nitrogens is 2. The van der Waals surface area contributed by atoms with E-state index in [4.69, 9.17) is 0 Å². The number of hydrogen-bond acceptors (Lipinski definition) is 3. The Morgan fingerprint density at radius 2 is 1.80 bits per heavy atom. The quantitative estimate of drug-likeness (QED) is 0.687. The molecule has 3 nitrogen and oxygen atoms in total. The van der Waals surface area contributed by atoms with Crippen molar-refractivity contribution in [1.29, 1.82) is 0 Å². The number of Topliss-reactive ketones (excluding diaryl/α,β-unsaturated/α-hetero) is 1. The van der Waals surface area contributed by atoms with Crippen molar-refractivity contribution in [3.05, 3.63) is 70.5 Å². The Morgan fingerprint density at radius 1 is 1.00 bits per heavy atom. The largest absolute Gasteiger partial charge is 0.294 e. The van der Waals surface area contributed by atoms with E-state index >= 15 is 0 Å². The lowest BCUT2D eigenvalue weighted by Crippen LogP contribution is -2.03. The second kappa shape index (κ2) is 5.51. The summed E-state index contributed by atoms with van der Waals surface area (Å²) in [4.78, 5) is 20.7. The van der Waals surface area contributed by atoms with E-state index in [1.807, 2.05) is 30.3 Å². The summed E-state index contributed by atoms with van der Waals surface area (Å²) in [6.45, 7) is 0. The van der Waals surface area contributed by atoms with Gasteiger partial charge in [0.2, 0.25) is 0 Å². The molecule has 0 amide bonds. The van der Waals surface area contributed by atoms with E-state index in [1.165, 1.54) is 0 Å². The van der Waals surface area contributed by atoms with E-state index in [1.54, 1.807) is 24.5 Å². The molecule has 1 heterocycles. The van der Waals surface area contributed by atoms with E-state index < -0.39 is 0 Å². The molecule has 0 bridgehead atoms. The van der Waals surface area contributed by atoms with Gasteiger partial charge in [-0.2, -0.15) is 0 Å². The average Bonchev–Trinajstić information content (AvgIpc) is 2.47. The number of halogens is 1. The minimum atomic E-state index is 0.0793. The highest BCUT2D eigenvalue weighted by atomic mass is 79.9. The van der Waals surface area contributed by atoms with Crippen LogP contribution in [0.3, 0.4) is 0 Å². The molecule has 1 aromatic heterocycles. The highest BCUT2D eigenvalue weighted by Crippen LogP contribution is 2.16. The standard InChI is InChI=1S/C16H11BrN2O/c17-13-3-1-2-11(8-13)9-16(20)12-4-5-14-15(10-12)19-7-6-18-14/h1-8,10H,9H2. The molecule has 3 rings (SSSR count). The van der Waals surface area contributed by atoms with E-state index in [-0.39, 0.29) is 5.78 Å². The maximum atomic E-state index is 12.3. The predicted molar refractivity (Wildman–Crippen MR) is 81.7 cm³/mol. The van der Waals surface area contributed by atoms with Gasteiger partial charge in [-0.05, 0) is 35.9 Å². The monoisotopic (exact) mass is 326 g/mol. The van der Waals surface area contributed by atoms with Crippen LogP contribution in [0.2, 0.25) is 0 Å². The molecule has 0 fully saturated rings. The van der Waals surface area contributed by atoms with E-state index in [0.29, 0.717) is 12.0 Å². The predicted octanol–water partition coefficient (Wildman–Crippen LogP) is 3.82. The zero-order valence-corrected chi connectivity index (χ0v) is 12.2. The van der Waals surface area contributed by atoms with Crippen molar-refractivity contribution in [2.45, 2.75) is 6.42 Å². The smallest absolute Gasteiger partial charge is 0.167 e. The molecule has 98 valence electrons. The first-order valence-electron chi connectivity index (χ1n) is 6.21. The molecule has 2 aromatic carbocycles. The molecule has 3 aromatic rings. The molecule has 20 heavy (non-hydrogen) atoms. The number of fused-ring (bicyclic) bond motifs is 1. The summed E-state index contributed by atoms with van der Waals surface area (Å²) < 4.78 is 0.979. The Balaban J connectivity index is 1.88. The topological polar surface area (TPSA) is 42.9 Å². The Morgan fingerprint density at radius 3 is 2.60 bits per heavy atom. The third-order valence-electron chi connectivity index (χ3n) is 3.05. The van der Waals surface area contributed by atoms with Crippen molar-refractivity contribution < 1.29 is 4.79 Å². The number of carbonyl (C=O) groups is 1. The van der Waals surface area contributed by atoms with Gasteiger partial charge in [-0.15, -0.1) is 0 Å². The molecule has 0 saturated heterocycles. The Hall–Kier alpha value is -2.07. The van der Waals surface area contributed by atoms with Crippen molar-refractivity contribution in [3.8, 4) is 0 Å². The van der Waals surface area contributed by atoms with Gasteiger partial charge in [-0.1, -0.05) is 28.1 Å². The second-order valence-corrected chi connectivity index (χ2v) is 5.41. The molecular formula is C16H11BrN2O. The van der Waals surface area contributed by atoms with Crippen molar-refractivity contribution in [3.63, 3.8) is 0 Å². The van der Waals surface area contributed by atoms with E-state index in [2.05, 4.69) is 25.9 Å². The fraction of sp³-hybridized carbons (Fsp3) is 0.0625. The van der Waals surface area contributed by atoms with Crippen LogP contribution in [-0.2, 0) is 6.42 Å². The Kier molecular flexibility index (Phi) is 3.56. The first-order valence-corrected chi connectivity index (χ1v) is 7.00. The maximum Gasteiger partial charge on any atom is 0.167 e.